The fraction of sp³-hybridized carbons (Fsp3) is 0.0952. The van der Waals surface area contributed by atoms with Crippen molar-refractivity contribution in [3.63, 3.8) is 0 Å². The minimum Gasteiger partial charge on any atom is -0.383 e. The number of nitrogen functional groups attached to an aromatic ring is 1. The maximum Gasteiger partial charge on any atom is 0.214 e. The third-order valence-electron chi connectivity index (χ3n) is 5.14. The van der Waals surface area contributed by atoms with E-state index in [2.05, 4.69) is 20.1 Å². The Labute approximate surface area is 176 Å². The van der Waals surface area contributed by atoms with Gasteiger partial charge in [-0.1, -0.05) is 0 Å². The molecular weight excluding hydrogens is 416 g/mol. The van der Waals surface area contributed by atoms with E-state index in [9.17, 15) is 13.2 Å². The number of anilines is 1. The Morgan fingerprint density at radius 1 is 1.06 bits per heavy atom. The Morgan fingerprint density at radius 2 is 1.87 bits per heavy atom. The largest absolute Gasteiger partial charge is 0.383 e. The lowest BCUT2D eigenvalue weighted by atomic mass is 10.1. The van der Waals surface area contributed by atoms with Crippen LogP contribution in [-0.4, -0.2) is 45.2 Å². The normalized spacial score (nSPS) is 12.1. The Hall–Kier alpha value is -3.92. The van der Waals surface area contributed by atoms with Gasteiger partial charge in [-0.25, -0.2) is 18.1 Å². The predicted octanol–water partition coefficient (Wildman–Crippen LogP) is 2.76. The summed E-state index contributed by atoms with van der Waals surface area (Å²) in [5.41, 5.74) is 9.82. The molecule has 9 nitrogen and oxygen atoms in total. The number of aromatic nitrogens is 5. The van der Waals surface area contributed by atoms with Gasteiger partial charge in [0.15, 0.2) is 9.84 Å². The number of fused-ring (bicyclic) bond motifs is 2. The van der Waals surface area contributed by atoms with Crippen molar-refractivity contribution in [2.75, 3.05) is 12.0 Å². The van der Waals surface area contributed by atoms with Crippen molar-refractivity contribution in [3.8, 4) is 5.69 Å². The minimum atomic E-state index is -3.34. The van der Waals surface area contributed by atoms with Crippen LogP contribution in [-0.2, 0) is 9.84 Å². The highest BCUT2D eigenvalue weighted by Gasteiger charge is 2.20. The molecular formula is C21H18N6O3S. The molecule has 0 unspecified atom stereocenters. The summed E-state index contributed by atoms with van der Waals surface area (Å²) < 4.78 is 25.1. The second-order valence-electron chi connectivity index (χ2n) is 7.41. The molecule has 0 amide bonds. The van der Waals surface area contributed by atoms with Gasteiger partial charge in [-0.05, 0) is 49.4 Å². The van der Waals surface area contributed by atoms with Gasteiger partial charge in [-0.15, -0.1) is 0 Å². The maximum absolute atomic E-state index is 13.1. The van der Waals surface area contributed by atoms with Crippen molar-refractivity contribution in [3.05, 3.63) is 65.7 Å². The zero-order valence-electron chi connectivity index (χ0n) is 16.7. The van der Waals surface area contributed by atoms with Crippen molar-refractivity contribution in [1.29, 1.82) is 0 Å². The molecule has 4 N–H and O–H groups in total. The summed E-state index contributed by atoms with van der Waals surface area (Å²) in [5.74, 6) is 0.671. The first kappa shape index (κ1) is 19.1. The van der Waals surface area contributed by atoms with Crippen LogP contribution in [0.5, 0.6) is 0 Å². The van der Waals surface area contributed by atoms with Crippen LogP contribution in [0.25, 0.3) is 27.6 Å². The number of ketones is 1. The number of nitrogens with two attached hydrogens (primary N) is 1. The van der Waals surface area contributed by atoms with E-state index in [1.54, 1.807) is 12.1 Å². The molecule has 0 aliphatic rings. The molecule has 3 aromatic heterocycles. The van der Waals surface area contributed by atoms with E-state index in [0.717, 1.165) is 23.1 Å². The summed E-state index contributed by atoms with van der Waals surface area (Å²) >= 11 is 0. The quantitative estimate of drug-likeness (QED) is 0.372. The number of H-pyrrole nitrogens is 2. The van der Waals surface area contributed by atoms with Gasteiger partial charge in [0.25, 0.3) is 0 Å². The molecule has 0 atom stereocenters. The number of imidazole rings is 1. The summed E-state index contributed by atoms with van der Waals surface area (Å²) in [7, 11) is -3.34. The van der Waals surface area contributed by atoms with Gasteiger partial charge >= 0.3 is 0 Å². The number of sulfone groups is 1. The average Bonchev–Trinajstić information content (AvgIpc) is 3.40. The van der Waals surface area contributed by atoms with E-state index in [0.29, 0.717) is 22.3 Å². The molecule has 156 valence electrons. The first-order valence-electron chi connectivity index (χ1n) is 9.38. The van der Waals surface area contributed by atoms with E-state index >= 15 is 0 Å². The summed E-state index contributed by atoms with van der Waals surface area (Å²) in [6.45, 7) is 1.87. The van der Waals surface area contributed by atoms with Gasteiger partial charge in [-0.2, -0.15) is 5.10 Å². The van der Waals surface area contributed by atoms with Crippen LogP contribution in [0.3, 0.4) is 0 Å². The van der Waals surface area contributed by atoms with Gasteiger partial charge in [0, 0.05) is 17.2 Å². The van der Waals surface area contributed by atoms with Crippen LogP contribution in [0.15, 0.2) is 53.6 Å². The molecule has 0 fully saturated rings. The van der Waals surface area contributed by atoms with Crippen LogP contribution >= 0.6 is 0 Å². The fourth-order valence-electron chi connectivity index (χ4n) is 3.60. The lowest BCUT2D eigenvalue weighted by Crippen LogP contribution is -2.07. The fourth-order valence-corrected chi connectivity index (χ4v) is 4.26. The first-order valence-corrected chi connectivity index (χ1v) is 11.3. The van der Waals surface area contributed by atoms with Crippen molar-refractivity contribution < 1.29 is 13.2 Å². The number of hydrogen-bond acceptors (Lipinski definition) is 6. The highest BCUT2D eigenvalue weighted by atomic mass is 32.2. The third-order valence-corrected chi connectivity index (χ3v) is 6.25. The van der Waals surface area contributed by atoms with Crippen LogP contribution in [0, 0.1) is 6.92 Å². The van der Waals surface area contributed by atoms with Gasteiger partial charge in [0.1, 0.15) is 11.6 Å². The van der Waals surface area contributed by atoms with E-state index in [4.69, 9.17) is 5.73 Å². The Bertz CT molecular complexity index is 1610. The summed E-state index contributed by atoms with van der Waals surface area (Å²) in [4.78, 5) is 23.8. The van der Waals surface area contributed by atoms with Gasteiger partial charge in [0.05, 0.1) is 39.1 Å². The second kappa shape index (κ2) is 6.54. The highest BCUT2D eigenvalue weighted by molar-refractivity contribution is 7.90. The minimum absolute atomic E-state index is 0.190. The number of nitrogens with one attached hydrogen (secondary N) is 2. The zero-order chi connectivity index (χ0) is 21.9. The monoisotopic (exact) mass is 434 g/mol. The van der Waals surface area contributed by atoms with Crippen molar-refractivity contribution in [2.45, 2.75) is 11.8 Å². The molecule has 3 heterocycles. The van der Waals surface area contributed by atoms with Crippen molar-refractivity contribution >= 4 is 43.4 Å². The molecule has 0 bridgehead atoms. The molecule has 31 heavy (non-hydrogen) atoms. The van der Waals surface area contributed by atoms with E-state index < -0.39 is 9.84 Å². The number of hydrogen-bond donors (Lipinski definition) is 3. The molecule has 0 saturated carbocycles. The van der Waals surface area contributed by atoms with Crippen molar-refractivity contribution in [1.82, 2.24) is 24.7 Å². The molecule has 2 aromatic carbocycles. The maximum atomic E-state index is 13.1. The zero-order valence-corrected chi connectivity index (χ0v) is 17.5. The summed E-state index contributed by atoms with van der Waals surface area (Å²) in [6.07, 6.45) is 2.57. The van der Waals surface area contributed by atoms with Gasteiger partial charge in [0.2, 0.25) is 5.78 Å². The van der Waals surface area contributed by atoms with Crippen LogP contribution in [0.2, 0.25) is 0 Å². The number of nitrogens with zero attached hydrogens (tertiary/aromatic N) is 3. The number of benzene rings is 2. The van der Waals surface area contributed by atoms with Gasteiger partial charge < -0.3 is 15.7 Å². The standard InChI is InChI=1S/C21H18N6O3S/c1-11-24-17-5-3-13(9-18(17)25-11)27-21(22)15(10-23-27)20(28)19-8-12-7-14(31(2,29)30)4-6-16(12)26-19/h3-10,26H,22H2,1-2H3,(H,24,25). The van der Waals surface area contributed by atoms with E-state index in [1.165, 1.54) is 23.0 Å². The topological polar surface area (TPSA) is 140 Å². The molecule has 0 aliphatic heterocycles. The molecule has 0 saturated heterocycles. The first-order chi connectivity index (χ1) is 14.7. The average molecular weight is 434 g/mol. The van der Waals surface area contributed by atoms with Crippen LogP contribution in [0.1, 0.15) is 21.9 Å². The molecule has 0 spiro atoms. The predicted molar refractivity (Wildman–Crippen MR) is 117 cm³/mol. The molecule has 5 aromatic rings. The lowest BCUT2D eigenvalue weighted by molar-refractivity contribution is 0.103. The molecule has 0 radical (unpaired) electrons. The number of carbonyl (C=O) groups is 1. The number of aryl methyl sites for hydroxylation is 1. The van der Waals surface area contributed by atoms with E-state index in [-0.39, 0.29) is 22.1 Å². The van der Waals surface area contributed by atoms with Crippen molar-refractivity contribution in [2.24, 2.45) is 0 Å². The number of rotatable bonds is 4. The SMILES string of the molecule is Cc1nc2ccc(-n3ncc(C(=O)c4cc5cc(S(C)(=O)=O)ccc5[nH]4)c3N)cc2[nH]1. The Balaban J connectivity index is 1.53. The van der Waals surface area contributed by atoms with Crippen LogP contribution in [0.4, 0.5) is 5.82 Å². The summed E-state index contributed by atoms with van der Waals surface area (Å²) in [6, 6.07) is 11.8. The van der Waals surface area contributed by atoms with Crippen LogP contribution < -0.4 is 5.73 Å². The second-order valence-corrected chi connectivity index (χ2v) is 9.43. The van der Waals surface area contributed by atoms with E-state index in [1.807, 2.05) is 25.1 Å². The summed E-state index contributed by atoms with van der Waals surface area (Å²) in [5, 5.41) is 4.91. The van der Waals surface area contributed by atoms with Gasteiger partial charge in [-0.3, -0.25) is 4.79 Å². The smallest absolute Gasteiger partial charge is 0.214 e. The molecule has 10 heteroatoms. The molecule has 0 aliphatic carbocycles. The Kier molecular flexibility index (Phi) is 4.02. The Morgan fingerprint density at radius 3 is 2.65 bits per heavy atom. The molecule has 5 rings (SSSR count). The third kappa shape index (κ3) is 3.17. The lowest BCUT2D eigenvalue weighted by Gasteiger charge is -2.05. The highest BCUT2D eigenvalue weighted by Crippen LogP contribution is 2.25. The number of aromatic amines is 2. The number of carbonyl (C=O) groups excluding carboxylic acids is 1.